The Morgan fingerprint density at radius 1 is 1.30 bits per heavy atom. The van der Waals surface area contributed by atoms with E-state index in [0.717, 1.165) is 33.3 Å². The second-order valence-corrected chi connectivity index (χ2v) is 6.18. The van der Waals surface area contributed by atoms with E-state index in [1.54, 1.807) is 0 Å². The highest BCUT2D eigenvalue weighted by atomic mass is 79.9. The van der Waals surface area contributed by atoms with Crippen LogP contribution < -0.4 is 4.74 Å². The van der Waals surface area contributed by atoms with E-state index in [4.69, 9.17) is 16.3 Å². The van der Waals surface area contributed by atoms with Crippen molar-refractivity contribution in [3.63, 3.8) is 0 Å². The summed E-state index contributed by atoms with van der Waals surface area (Å²) in [5.74, 6) is 0.889. The molecule has 0 fully saturated rings. The van der Waals surface area contributed by atoms with Crippen LogP contribution in [0.5, 0.6) is 5.75 Å². The lowest BCUT2D eigenvalue weighted by Crippen LogP contribution is -2.04. The van der Waals surface area contributed by atoms with E-state index < -0.39 is 6.10 Å². The number of rotatable bonds is 3. The van der Waals surface area contributed by atoms with Crippen LogP contribution in [0.4, 0.5) is 0 Å². The smallest absolute Gasteiger partial charge is 0.126 e. The third kappa shape index (κ3) is 2.71. The summed E-state index contributed by atoms with van der Waals surface area (Å²) in [5.41, 5.74) is 2.97. The zero-order chi connectivity index (χ0) is 14.1. The first kappa shape index (κ1) is 13.9. The molecule has 0 bridgehead atoms. The summed E-state index contributed by atoms with van der Waals surface area (Å²) >= 11 is 9.61. The van der Waals surface area contributed by atoms with Gasteiger partial charge in [-0.05, 0) is 34.9 Å². The van der Waals surface area contributed by atoms with Gasteiger partial charge in [-0.1, -0.05) is 45.7 Å². The third-order valence-corrected chi connectivity index (χ3v) is 4.44. The second-order valence-electron chi connectivity index (χ2n) is 4.89. The molecule has 2 aromatic carbocycles. The molecule has 20 heavy (non-hydrogen) atoms. The van der Waals surface area contributed by atoms with E-state index in [2.05, 4.69) is 15.9 Å². The topological polar surface area (TPSA) is 29.5 Å². The fourth-order valence-corrected chi connectivity index (χ4v) is 3.37. The van der Waals surface area contributed by atoms with Gasteiger partial charge in [-0.2, -0.15) is 0 Å². The molecule has 3 rings (SSSR count). The van der Waals surface area contributed by atoms with Gasteiger partial charge in [0.1, 0.15) is 5.75 Å². The highest BCUT2D eigenvalue weighted by Crippen LogP contribution is 2.36. The van der Waals surface area contributed by atoms with Gasteiger partial charge in [0.05, 0.1) is 12.7 Å². The maximum Gasteiger partial charge on any atom is 0.126 e. The van der Waals surface area contributed by atoms with Crippen LogP contribution in [-0.4, -0.2) is 11.7 Å². The summed E-state index contributed by atoms with van der Waals surface area (Å²) in [7, 11) is 0. The fourth-order valence-electron chi connectivity index (χ4n) is 2.56. The zero-order valence-electron chi connectivity index (χ0n) is 10.8. The molecule has 0 saturated carbocycles. The Balaban J connectivity index is 1.90. The van der Waals surface area contributed by atoms with E-state index in [1.165, 1.54) is 0 Å². The number of hydrogen-bond acceptors (Lipinski definition) is 2. The van der Waals surface area contributed by atoms with Crippen molar-refractivity contribution in [2.24, 2.45) is 0 Å². The Labute approximate surface area is 131 Å². The van der Waals surface area contributed by atoms with Gasteiger partial charge in [0, 0.05) is 22.3 Å². The van der Waals surface area contributed by atoms with Crippen molar-refractivity contribution in [1.29, 1.82) is 0 Å². The lowest BCUT2D eigenvalue weighted by molar-refractivity contribution is 0.176. The largest absolute Gasteiger partial charge is 0.493 e. The molecule has 0 radical (unpaired) electrons. The lowest BCUT2D eigenvalue weighted by Gasteiger charge is -2.15. The summed E-state index contributed by atoms with van der Waals surface area (Å²) in [6.07, 6.45) is 0.789. The summed E-state index contributed by atoms with van der Waals surface area (Å²) in [5, 5.41) is 11.1. The molecule has 0 aromatic heterocycles. The van der Waals surface area contributed by atoms with Gasteiger partial charge >= 0.3 is 0 Å². The summed E-state index contributed by atoms with van der Waals surface area (Å²) in [6, 6.07) is 11.5. The van der Waals surface area contributed by atoms with Crippen LogP contribution in [0.2, 0.25) is 5.02 Å². The van der Waals surface area contributed by atoms with Gasteiger partial charge in [-0.25, -0.2) is 0 Å². The predicted octanol–water partition coefficient (Wildman–Crippen LogP) is 4.31. The van der Waals surface area contributed by atoms with E-state index >= 15 is 0 Å². The molecule has 1 unspecified atom stereocenters. The number of fused-ring (bicyclic) bond motifs is 1. The molecule has 1 N–H and O–H groups in total. The minimum Gasteiger partial charge on any atom is -0.493 e. The van der Waals surface area contributed by atoms with Crippen LogP contribution in [0.1, 0.15) is 22.8 Å². The van der Waals surface area contributed by atoms with E-state index in [0.29, 0.717) is 18.1 Å². The molecule has 0 saturated heterocycles. The van der Waals surface area contributed by atoms with Crippen molar-refractivity contribution in [2.45, 2.75) is 18.9 Å². The predicted molar refractivity (Wildman–Crippen MR) is 83.5 cm³/mol. The molecule has 4 heteroatoms. The minimum atomic E-state index is -0.586. The van der Waals surface area contributed by atoms with Gasteiger partial charge < -0.3 is 9.84 Å². The third-order valence-electron chi connectivity index (χ3n) is 3.50. The Morgan fingerprint density at radius 2 is 2.10 bits per heavy atom. The molecule has 0 aliphatic carbocycles. The normalized spacial score (nSPS) is 14.8. The number of aliphatic hydroxyl groups is 1. The van der Waals surface area contributed by atoms with Crippen molar-refractivity contribution in [3.05, 3.63) is 62.6 Å². The number of halogens is 2. The maximum absolute atomic E-state index is 10.4. The summed E-state index contributed by atoms with van der Waals surface area (Å²) in [6.45, 7) is 0.688. The Hall–Kier alpha value is -1.03. The highest BCUT2D eigenvalue weighted by molar-refractivity contribution is 9.10. The van der Waals surface area contributed by atoms with Gasteiger partial charge in [0.2, 0.25) is 0 Å². The van der Waals surface area contributed by atoms with Crippen LogP contribution >= 0.6 is 27.5 Å². The van der Waals surface area contributed by atoms with Crippen LogP contribution in [0.3, 0.4) is 0 Å². The number of aliphatic hydroxyl groups excluding tert-OH is 1. The van der Waals surface area contributed by atoms with Crippen molar-refractivity contribution < 1.29 is 9.84 Å². The quantitative estimate of drug-likeness (QED) is 0.891. The average molecular weight is 354 g/mol. The molecule has 1 aliphatic rings. The molecule has 0 amide bonds. The van der Waals surface area contributed by atoms with Crippen LogP contribution in [0.15, 0.2) is 40.9 Å². The van der Waals surface area contributed by atoms with Gasteiger partial charge in [-0.15, -0.1) is 0 Å². The van der Waals surface area contributed by atoms with Crippen molar-refractivity contribution in [1.82, 2.24) is 0 Å². The molecule has 2 nitrogen and oxygen atoms in total. The van der Waals surface area contributed by atoms with Crippen molar-refractivity contribution >= 4 is 27.5 Å². The molecular formula is C16H14BrClO2. The Bertz CT molecular complexity index is 642. The molecule has 2 aromatic rings. The first-order valence-electron chi connectivity index (χ1n) is 6.52. The molecular weight excluding hydrogens is 340 g/mol. The number of ether oxygens (including phenoxy) is 1. The molecule has 0 spiro atoms. The molecule has 1 heterocycles. The van der Waals surface area contributed by atoms with Gasteiger partial charge in [-0.3, -0.25) is 0 Å². The highest BCUT2D eigenvalue weighted by Gasteiger charge is 2.20. The van der Waals surface area contributed by atoms with E-state index in [1.807, 2.05) is 36.4 Å². The Morgan fingerprint density at radius 3 is 2.90 bits per heavy atom. The van der Waals surface area contributed by atoms with Crippen molar-refractivity contribution in [3.8, 4) is 5.75 Å². The average Bonchev–Trinajstić information content (AvgIpc) is 2.87. The van der Waals surface area contributed by atoms with Gasteiger partial charge in [0.25, 0.3) is 0 Å². The van der Waals surface area contributed by atoms with E-state index in [-0.39, 0.29) is 0 Å². The minimum absolute atomic E-state index is 0.492. The van der Waals surface area contributed by atoms with Crippen LogP contribution in [0.25, 0.3) is 0 Å². The second kappa shape index (κ2) is 5.76. The number of hydrogen-bond donors (Lipinski definition) is 1. The number of benzene rings is 2. The maximum atomic E-state index is 10.4. The monoisotopic (exact) mass is 352 g/mol. The SMILES string of the molecule is OC(Cc1cc(Cl)cc2c1OCC2)c1ccccc1Br. The zero-order valence-corrected chi connectivity index (χ0v) is 13.1. The summed E-state index contributed by atoms with van der Waals surface area (Å²) < 4.78 is 6.58. The Kier molecular flexibility index (Phi) is 4.01. The fraction of sp³-hybridized carbons (Fsp3) is 0.250. The molecule has 1 atom stereocenters. The molecule has 1 aliphatic heterocycles. The first-order chi connectivity index (χ1) is 9.65. The lowest BCUT2D eigenvalue weighted by atomic mass is 9.99. The van der Waals surface area contributed by atoms with Gasteiger partial charge in [0.15, 0.2) is 0 Å². The van der Waals surface area contributed by atoms with E-state index in [9.17, 15) is 5.11 Å². The molecule has 104 valence electrons. The van der Waals surface area contributed by atoms with Crippen LogP contribution in [-0.2, 0) is 12.8 Å². The van der Waals surface area contributed by atoms with Crippen molar-refractivity contribution in [2.75, 3.05) is 6.61 Å². The standard InChI is InChI=1S/C16H14BrClO2/c17-14-4-2-1-3-13(14)15(19)9-11-8-12(18)7-10-5-6-20-16(10)11/h1-4,7-8,15,19H,5-6,9H2. The van der Waals surface area contributed by atoms with Crippen LogP contribution in [0, 0.1) is 0 Å². The first-order valence-corrected chi connectivity index (χ1v) is 7.69. The summed E-state index contributed by atoms with van der Waals surface area (Å²) in [4.78, 5) is 0.